The number of carbonyl (C=O) groups excluding carboxylic acids is 3. The maximum atomic E-state index is 13.2. The highest BCUT2D eigenvalue weighted by atomic mass is 16.2. The van der Waals surface area contributed by atoms with Crippen molar-refractivity contribution in [2.45, 2.75) is 51.1 Å². The molecule has 0 saturated carbocycles. The Morgan fingerprint density at radius 3 is 2.76 bits per heavy atom. The Morgan fingerprint density at radius 2 is 2.00 bits per heavy atom. The zero-order chi connectivity index (χ0) is 17.8. The minimum atomic E-state index is -0.548. The number of imide groups is 1. The molecule has 6 nitrogen and oxygen atoms in total. The third-order valence-electron chi connectivity index (χ3n) is 4.97. The lowest BCUT2D eigenvalue weighted by atomic mass is 9.97. The van der Waals surface area contributed by atoms with E-state index in [1.54, 1.807) is 4.90 Å². The molecule has 1 saturated heterocycles. The minimum Gasteiger partial charge on any atom is -0.327 e. The summed E-state index contributed by atoms with van der Waals surface area (Å²) in [5.74, 6) is -0.699. The minimum absolute atomic E-state index is 0.0950. The van der Waals surface area contributed by atoms with Gasteiger partial charge < -0.3 is 10.2 Å². The second kappa shape index (κ2) is 7.78. The summed E-state index contributed by atoms with van der Waals surface area (Å²) >= 11 is 0. The zero-order valence-corrected chi connectivity index (χ0v) is 14.6. The topological polar surface area (TPSA) is 78.5 Å². The van der Waals surface area contributed by atoms with Crippen molar-refractivity contribution in [1.29, 1.82) is 0 Å². The molecule has 3 amide bonds. The van der Waals surface area contributed by atoms with E-state index in [-0.39, 0.29) is 24.1 Å². The molecule has 2 aliphatic rings. The van der Waals surface area contributed by atoms with Crippen LogP contribution in [0.5, 0.6) is 0 Å². The molecule has 6 heteroatoms. The molecule has 0 radical (unpaired) electrons. The summed E-state index contributed by atoms with van der Waals surface area (Å²) in [5, 5.41) is 5.50. The molecule has 2 aliphatic heterocycles. The maximum Gasteiger partial charge on any atom is 0.254 e. The Hall–Kier alpha value is -2.21. The number of carbonyl (C=O) groups is 3. The van der Waals surface area contributed by atoms with Gasteiger partial charge in [0.15, 0.2) is 0 Å². The van der Waals surface area contributed by atoms with Crippen molar-refractivity contribution >= 4 is 17.7 Å². The fourth-order valence-electron chi connectivity index (χ4n) is 3.68. The molecule has 1 unspecified atom stereocenters. The highest BCUT2D eigenvalue weighted by Gasteiger charge is 2.35. The molecule has 1 atom stereocenters. The van der Waals surface area contributed by atoms with Crippen molar-refractivity contribution in [1.82, 2.24) is 15.5 Å². The number of piperidine rings is 1. The number of aryl methyl sites for hydroxylation is 1. The van der Waals surface area contributed by atoms with Crippen molar-refractivity contribution in [3.63, 3.8) is 0 Å². The van der Waals surface area contributed by atoms with Crippen LogP contribution in [-0.2, 0) is 22.6 Å². The first-order chi connectivity index (χ1) is 12.1. The number of hydrogen-bond acceptors (Lipinski definition) is 4. The van der Waals surface area contributed by atoms with Crippen LogP contribution in [-0.4, -0.2) is 42.3 Å². The van der Waals surface area contributed by atoms with Crippen LogP contribution >= 0.6 is 0 Å². The summed E-state index contributed by atoms with van der Waals surface area (Å²) in [4.78, 5) is 38.5. The monoisotopic (exact) mass is 343 g/mol. The van der Waals surface area contributed by atoms with Crippen LogP contribution in [0.3, 0.4) is 0 Å². The van der Waals surface area contributed by atoms with Crippen molar-refractivity contribution in [2.24, 2.45) is 0 Å². The van der Waals surface area contributed by atoms with E-state index in [0.717, 1.165) is 43.4 Å². The van der Waals surface area contributed by atoms with E-state index in [1.165, 1.54) is 0 Å². The molecule has 25 heavy (non-hydrogen) atoms. The van der Waals surface area contributed by atoms with E-state index in [2.05, 4.69) is 16.7 Å². The predicted octanol–water partition coefficient (Wildman–Crippen LogP) is 1.38. The van der Waals surface area contributed by atoms with Gasteiger partial charge in [-0.2, -0.15) is 0 Å². The average molecular weight is 343 g/mol. The van der Waals surface area contributed by atoms with Gasteiger partial charge in [0.05, 0.1) is 0 Å². The van der Waals surface area contributed by atoms with Crippen LogP contribution in [0.2, 0.25) is 0 Å². The molecular weight excluding hydrogens is 318 g/mol. The third-order valence-corrected chi connectivity index (χ3v) is 4.97. The van der Waals surface area contributed by atoms with Gasteiger partial charge in [0.1, 0.15) is 6.04 Å². The molecular formula is C19H25N3O3. The van der Waals surface area contributed by atoms with Gasteiger partial charge in [-0.05, 0) is 49.9 Å². The summed E-state index contributed by atoms with van der Waals surface area (Å²) in [6.07, 6.45) is 4.50. The van der Waals surface area contributed by atoms with E-state index in [1.807, 2.05) is 19.2 Å². The van der Waals surface area contributed by atoms with E-state index in [4.69, 9.17) is 0 Å². The summed E-state index contributed by atoms with van der Waals surface area (Å²) in [7, 11) is 1.90. The van der Waals surface area contributed by atoms with Crippen molar-refractivity contribution in [3.8, 4) is 0 Å². The number of hydrogen-bond donors (Lipinski definition) is 2. The van der Waals surface area contributed by atoms with Crippen molar-refractivity contribution in [3.05, 3.63) is 34.9 Å². The van der Waals surface area contributed by atoms with Crippen LogP contribution in [0.1, 0.15) is 53.6 Å². The van der Waals surface area contributed by atoms with Gasteiger partial charge in [-0.15, -0.1) is 0 Å². The van der Waals surface area contributed by atoms with Gasteiger partial charge in [0.25, 0.3) is 5.91 Å². The standard InChI is InChI=1S/C19H25N3O3/c1-20-12-13-6-7-15-14(11-13)5-3-2-4-10-22(19(15)25)16-8-9-17(23)21-18(16)24/h6-7,11,16,20H,2-5,8-10,12H2,1H3,(H,21,23,24). The molecule has 2 N–H and O–H groups in total. The van der Waals surface area contributed by atoms with Crippen LogP contribution < -0.4 is 10.6 Å². The molecule has 3 rings (SSSR count). The third kappa shape index (κ3) is 3.90. The predicted molar refractivity (Wildman–Crippen MR) is 94.0 cm³/mol. The second-order valence-corrected chi connectivity index (χ2v) is 6.80. The summed E-state index contributed by atoms with van der Waals surface area (Å²) in [5.41, 5.74) is 2.89. The molecule has 0 bridgehead atoms. The fourth-order valence-corrected chi connectivity index (χ4v) is 3.68. The van der Waals surface area contributed by atoms with Gasteiger partial charge in [0, 0.05) is 25.1 Å². The lowest BCUT2D eigenvalue weighted by Gasteiger charge is -2.33. The molecule has 134 valence electrons. The van der Waals surface area contributed by atoms with Crippen molar-refractivity contribution < 1.29 is 14.4 Å². The Balaban J connectivity index is 1.91. The van der Waals surface area contributed by atoms with Gasteiger partial charge in [0.2, 0.25) is 11.8 Å². The molecule has 1 aromatic carbocycles. The SMILES string of the molecule is CNCc1ccc2c(c1)CCCCCN(C1CCC(=O)NC1=O)C2=O. The lowest BCUT2D eigenvalue weighted by Crippen LogP contribution is -2.54. The maximum absolute atomic E-state index is 13.2. The second-order valence-electron chi connectivity index (χ2n) is 6.80. The number of benzene rings is 1. The Kier molecular flexibility index (Phi) is 5.48. The van der Waals surface area contributed by atoms with E-state index >= 15 is 0 Å². The molecule has 0 aliphatic carbocycles. The quantitative estimate of drug-likeness (QED) is 0.813. The van der Waals surface area contributed by atoms with Crippen LogP contribution in [0.4, 0.5) is 0 Å². The van der Waals surface area contributed by atoms with E-state index < -0.39 is 6.04 Å². The van der Waals surface area contributed by atoms with Gasteiger partial charge in [-0.3, -0.25) is 19.7 Å². The number of fused-ring (bicyclic) bond motifs is 1. The van der Waals surface area contributed by atoms with Crippen LogP contribution in [0.15, 0.2) is 18.2 Å². The van der Waals surface area contributed by atoms with Gasteiger partial charge in [-0.25, -0.2) is 0 Å². The van der Waals surface area contributed by atoms with Gasteiger partial charge in [-0.1, -0.05) is 18.6 Å². The molecule has 0 spiro atoms. The van der Waals surface area contributed by atoms with Crippen LogP contribution in [0, 0.1) is 0 Å². The summed E-state index contributed by atoms with van der Waals surface area (Å²) in [6, 6.07) is 5.40. The highest BCUT2D eigenvalue weighted by Crippen LogP contribution is 2.23. The summed E-state index contributed by atoms with van der Waals surface area (Å²) < 4.78 is 0. The Bertz CT molecular complexity index is 686. The molecule has 1 aromatic rings. The first-order valence-corrected chi connectivity index (χ1v) is 9.01. The zero-order valence-electron chi connectivity index (χ0n) is 14.6. The normalized spacial score (nSPS) is 21.9. The Labute approximate surface area is 148 Å². The number of nitrogens with zero attached hydrogens (tertiary/aromatic N) is 1. The summed E-state index contributed by atoms with van der Waals surface area (Å²) in [6.45, 7) is 1.32. The van der Waals surface area contributed by atoms with E-state index in [0.29, 0.717) is 18.5 Å². The number of nitrogens with one attached hydrogen (secondary N) is 2. The first kappa shape index (κ1) is 17.6. The molecule has 1 fully saturated rings. The van der Waals surface area contributed by atoms with Crippen LogP contribution in [0.25, 0.3) is 0 Å². The fraction of sp³-hybridized carbons (Fsp3) is 0.526. The highest BCUT2D eigenvalue weighted by molar-refractivity contribution is 6.04. The lowest BCUT2D eigenvalue weighted by molar-refractivity contribution is -0.136. The Morgan fingerprint density at radius 1 is 1.16 bits per heavy atom. The van der Waals surface area contributed by atoms with Gasteiger partial charge >= 0.3 is 0 Å². The smallest absolute Gasteiger partial charge is 0.254 e. The largest absolute Gasteiger partial charge is 0.327 e. The molecule has 0 aromatic heterocycles. The molecule has 2 heterocycles. The van der Waals surface area contributed by atoms with Crippen molar-refractivity contribution in [2.75, 3.05) is 13.6 Å². The number of amides is 3. The number of rotatable bonds is 3. The average Bonchev–Trinajstić information content (AvgIpc) is 2.65. The van der Waals surface area contributed by atoms with E-state index in [9.17, 15) is 14.4 Å². The first-order valence-electron chi connectivity index (χ1n) is 9.01.